The number of rotatable bonds is 7. The van der Waals surface area contributed by atoms with Crippen LogP contribution < -0.4 is 10.0 Å². The lowest BCUT2D eigenvalue weighted by Crippen LogP contribution is -2.25. The highest BCUT2D eigenvalue weighted by Crippen LogP contribution is 2.19. The highest BCUT2D eigenvalue weighted by atomic mass is 32.2. The molecule has 0 saturated carbocycles. The first-order chi connectivity index (χ1) is 14.2. The van der Waals surface area contributed by atoms with Crippen LogP contribution in [0.5, 0.6) is 0 Å². The largest absolute Gasteiger partial charge is 0.352 e. The van der Waals surface area contributed by atoms with Crippen LogP contribution in [0.2, 0.25) is 0 Å². The molecule has 0 aliphatic carbocycles. The maximum absolute atomic E-state index is 13.7. The van der Waals surface area contributed by atoms with Crippen LogP contribution in [0.25, 0.3) is 0 Å². The first-order valence-corrected chi connectivity index (χ1v) is 10.3. The molecule has 156 valence electrons. The summed E-state index contributed by atoms with van der Waals surface area (Å²) in [6.07, 6.45) is 0.222. The molecule has 0 bridgehead atoms. The highest BCUT2D eigenvalue weighted by molar-refractivity contribution is 7.92. The van der Waals surface area contributed by atoms with Gasteiger partial charge in [0.25, 0.3) is 15.9 Å². The molecular formula is C21H17F3N2O3S. The fourth-order valence-electron chi connectivity index (χ4n) is 2.71. The quantitative estimate of drug-likeness (QED) is 0.593. The molecule has 1 amide bonds. The van der Waals surface area contributed by atoms with E-state index in [1.54, 1.807) is 0 Å². The van der Waals surface area contributed by atoms with Crippen LogP contribution in [0.4, 0.5) is 18.9 Å². The minimum Gasteiger partial charge on any atom is -0.352 e. The van der Waals surface area contributed by atoms with Crippen molar-refractivity contribution in [2.24, 2.45) is 0 Å². The SMILES string of the molecule is O=C(NCCc1cc(F)cc(F)c1)c1ccc(S(=O)(=O)Nc2ccccc2F)cc1. The molecule has 3 rings (SSSR count). The molecule has 0 spiro atoms. The van der Waals surface area contributed by atoms with Crippen molar-refractivity contribution in [3.8, 4) is 0 Å². The first kappa shape index (κ1) is 21.4. The Morgan fingerprint density at radius 3 is 2.13 bits per heavy atom. The zero-order chi connectivity index (χ0) is 21.7. The second-order valence-corrected chi connectivity index (χ2v) is 8.08. The van der Waals surface area contributed by atoms with Crippen LogP contribution in [-0.2, 0) is 16.4 Å². The van der Waals surface area contributed by atoms with Gasteiger partial charge in [-0.25, -0.2) is 21.6 Å². The Balaban J connectivity index is 1.61. The number of carbonyl (C=O) groups excluding carboxylic acids is 1. The fraction of sp³-hybridized carbons (Fsp3) is 0.0952. The lowest BCUT2D eigenvalue weighted by Gasteiger charge is -2.10. The van der Waals surface area contributed by atoms with E-state index in [4.69, 9.17) is 0 Å². The molecule has 0 fully saturated rings. The number of anilines is 1. The summed E-state index contributed by atoms with van der Waals surface area (Å²) in [6, 6.07) is 13.5. The van der Waals surface area contributed by atoms with Gasteiger partial charge in [-0.1, -0.05) is 12.1 Å². The molecule has 0 saturated heterocycles. The molecule has 0 aliphatic heterocycles. The standard InChI is InChI=1S/C21H17F3N2O3S/c22-16-11-14(12-17(23)13-16)9-10-25-21(27)15-5-7-18(8-6-15)30(28,29)26-20-4-2-1-3-19(20)24/h1-8,11-13,26H,9-10H2,(H,25,27). The lowest BCUT2D eigenvalue weighted by molar-refractivity contribution is 0.0954. The molecule has 0 radical (unpaired) electrons. The summed E-state index contributed by atoms with van der Waals surface area (Å²) in [6.45, 7) is 0.136. The summed E-state index contributed by atoms with van der Waals surface area (Å²) in [5, 5.41) is 2.59. The van der Waals surface area contributed by atoms with E-state index < -0.39 is 33.4 Å². The third kappa shape index (κ3) is 5.38. The van der Waals surface area contributed by atoms with Crippen molar-refractivity contribution in [2.45, 2.75) is 11.3 Å². The van der Waals surface area contributed by atoms with E-state index in [1.165, 1.54) is 54.6 Å². The Hall–Kier alpha value is -3.33. The van der Waals surface area contributed by atoms with Gasteiger partial charge in [0.2, 0.25) is 0 Å². The van der Waals surface area contributed by atoms with E-state index in [-0.39, 0.29) is 29.1 Å². The van der Waals surface area contributed by atoms with Crippen molar-refractivity contribution in [3.63, 3.8) is 0 Å². The van der Waals surface area contributed by atoms with E-state index in [2.05, 4.69) is 10.0 Å². The van der Waals surface area contributed by atoms with E-state index in [0.717, 1.165) is 12.1 Å². The topological polar surface area (TPSA) is 75.3 Å². The van der Waals surface area contributed by atoms with Crippen LogP contribution >= 0.6 is 0 Å². The van der Waals surface area contributed by atoms with Crippen molar-refractivity contribution >= 4 is 21.6 Å². The zero-order valence-corrected chi connectivity index (χ0v) is 16.3. The monoisotopic (exact) mass is 434 g/mol. The van der Waals surface area contributed by atoms with Gasteiger partial charge in [-0.15, -0.1) is 0 Å². The van der Waals surface area contributed by atoms with Crippen molar-refractivity contribution in [1.29, 1.82) is 0 Å². The number of hydrogen-bond acceptors (Lipinski definition) is 3. The Labute approximate surface area is 171 Å². The van der Waals surface area contributed by atoms with Crippen LogP contribution in [0.15, 0.2) is 71.6 Å². The summed E-state index contributed by atoms with van der Waals surface area (Å²) < 4.78 is 66.9. The van der Waals surface area contributed by atoms with Crippen LogP contribution in [0.1, 0.15) is 15.9 Å². The number of nitrogens with one attached hydrogen (secondary N) is 2. The van der Waals surface area contributed by atoms with E-state index >= 15 is 0 Å². The predicted octanol–water partition coefficient (Wildman–Crippen LogP) is 3.88. The van der Waals surface area contributed by atoms with Crippen LogP contribution in [-0.4, -0.2) is 20.9 Å². The smallest absolute Gasteiger partial charge is 0.261 e. The number of carbonyl (C=O) groups is 1. The molecule has 0 atom stereocenters. The zero-order valence-electron chi connectivity index (χ0n) is 15.5. The molecule has 0 unspecified atom stereocenters. The third-order valence-corrected chi connectivity index (χ3v) is 5.55. The molecule has 30 heavy (non-hydrogen) atoms. The number of halogens is 3. The van der Waals surface area contributed by atoms with Crippen molar-refractivity contribution in [1.82, 2.24) is 5.32 Å². The Morgan fingerprint density at radius 2 is 1.50 bits per heavy atom. The van der Waals surface area contributed by atoms with E-state index in [1.807, 2.05) is 0 Å². The average molecular weight is 434 g/mol. The number of para-hydroxylation sites is 1. The molecular weight excluding hydrogens is 417 g/mol. The molecule has 5 nitrogen and oxygen atoms in total. The predicted molar refractivity (Wildman–Crippen MR) is 106 cm³/mol. The normalized spacial score (nSPS) is 11.2. The van der Waals surface area contributed by atoms with Gasteiger partial charge in [-0.3, -0.25) is 9.52 Å². The lowest BCUT2D eigenvalue weighted by atomic mass is 10.1. The van der Waals surface area contributed by atoms with Crippen molar-refractivity contribution < 1.29 is 26.4 Å². The summed E-state index contributed by atoms with van der Waals surface area (Å²) in [5.41, 5.74) is 0.409. The maximum Gasteiger partial charge on any atom is 0.261 e. The Kier molecular flexibility index (Phi) is 6.41. The minimum atomic E-state index is -4.03. The number of sulfonamides is 1. The maximum atomic E-state index is 13.7. The molecule has 9 heteroatoms. The molecule has 3 aromatic rings. The van der Waals surface area contributed by atoms with Gasteiger partial charge in [0.15, 0.2) is 0 Å². The average Bonchev–Trinajstić information content (AvgIpc) is 2.69. The van der Waals surface area contributed by atoms with Crippen LogP contribution in [0, 0.1) is 17.5 Å². The van der Waals surface area contributed by atoms with Gasteiger partial charge < -0.3 is 5.32 Å². The van der Waals surface area contributed by atoms with Gasteiger partial charge in [0.1, 0.15) is 17.5 Å². The molecule has 0 heterocycles. The summed E-state index contributed by atoms with van der Waals surface area (Å²) in [5.74, 6) is -2.58. The number of hydrogen-bond donors (Lipinski definition) is 2. The van der Waals surface area contributed by atoms with Crippen LogP contribution in [0.3, 0.4) is 0 Å². The Morgan fingerprint density at radius 1 is 0.867 bits per heavy atom. The number of amides is 1. The summed E-state index contributed by atoms with van der Waals surface area (Å²) >= 11 is 0. The van der Waals surface area contributed by atoms with E-state index in [9.17, 15) is 26.4 Å². The third-order valence-electron chi connectivity index (χ3n) is 4.17. The second-order valence-electron chi connectivity index (χ2n) is 6.39. The van der Waals surface area contributed by atoms with Gasteiger partial charge in [0.05, 0.1) is 10.6 Å². The minimum absolute atomic E-state index is 0.136. The van der Waals surface area contributed by atoms with Gasteiger partial charge in [-0.05, 0) is 60.5 Å². The first-order valence-electron chi connectivity index (χ1n) is 8.85. The molecule has 2 N–H and O–H groups in total. The second kappa shape index (κ2) is 9.00. The van der Waals surface area contributed by atoms with E-state index in [0.29, 0.717) is 5.56 Å². The fourth-order valence-corrected chi connectivity index (χ4v) is 3.78. The highest BCUT2D eigenvalue weighted by Gasteiger charge is 2.17. The van der Waals surface area contributed by atoms with Gasteiger partial charge in [-0.2, -0.15) is 0 Å². The number of benzene rings is 3. The summed E-state index contributed by atoms with van der Waals surface area (Å²) in [7, 11) is -4.03. The van der Waals surface area contributed by atoms with Crippen molar-refractivity contribution in [2.75, 3.05) is 11.3 Å². The van der Waals surface area contributed by atoms with Gasteiger partial charge in [0, 0.05) is 18.2 Å². The van der Waals surface area contributed by atoms with Crippen molar-refractivity contribution in [3.05, 3.63) is 95.3 Å². The van der Waals surface area contributed by atoms with Gasteiger partial charge >= 0.3 is 0 Å². The molecule has 0 aromatic heterocycles. The Bertz CT molecular complexity index is 1150. The molecule has 0 aliphatic rings. The molecule has 3 aromatic carbocycles. The summed E-state index contributed by atoms with van der Waals surface area (Å²) in [4.78, 5) is 12.1.